The van der Waals surface area contributed by atoms with Gasteiger partial charge in [0.25, 0.3) is 0 Å². The largest absolute Gasteiger partial charge is 0.298 e. The molecule has 1 aliphatic rings. The molecule has 0 amide bonds. The Hall–Kier alpha value is -0.330. The fraction of sp³-hybridized carbons (Fsp3) is 0.923. The van der Waals surface area contributed by atoms with Crippen molar-refractivity contribution in [1.29, 1.82) is 0 Å². The van der Waals surface area contributed by atoms with Crippen molar-refractivity contribution >= 4 is 6.72 Å². The average Bonchev–Trinajstić information content (AvgIpc) is 2.00. The van der Waals surface area contributed by atoms with Crippen LogP contribution in [-0.4, -0.2) is 12.8 Å². The second-order valence-electron chi connectivity index (χ2n) is 6.39. The minimum absolute atomic E-state index is 0.434. The van der Waals surface area contributed by atoms with Crippen LogP contribution in [0.2, 0.25) is 0 Å². The van der Waals surface area contributed by atoms with Crippen LogP contribution in [0.25, 0.3) is 0 Å². The van der Waals surface area contributed by atoms with Gasteiger partial charge in [0.05, 0.1) is 6.04 Å². The zero-order valence-corrected chi connectivity index (χ0v) is 10.4. The monoisotopic (exact) mass is 195 g/mol. The first-order chi connectivity index (χ1) is 6.29. The summed E-state index contributed by atoms with van der Waals surface area (Å²) in [5.41, 5.74) is 0.886. The molecule has 14 heavy (non-hydrogen) atoms. The zero-order chi connectivity index (χ0) is 11.0. The van der Waals surface area contributed by atoms with E-state index < -0.39 is 0 Å². The predicted octanol–water partition coefficient (Wildman–Crippen LogP) is 3.93. The van der Waals surface area contributed by atoms with E-state index in [2.05, 4.69) is 46.3 Å². The number of hydrogen-bond donors (Lipinski definition) is 0. The third-order valence-electron chi connectivity index (χ3n) is 4.02. The van der Waals surface area contributed by atoms with Crippen molar-refractivity contribution in [3.8, 4) is 0 Å². The van der Waals surface area contributed by atoms with Crippen molar-refractivity contribution in [2.45, 2.75) is 59.9 Å². The fourth-order valence-corrected chi connectivity index (χ4v) is 3.05. The number of rotatable bonds is 2. The summed E-state index contributed by atoms with van der Waals surface area (Å²) in [4.78, 5) is 4.27. The Bertz CT molecular complexity index is 217. The van der Waals surface area contributed by atoms with E-state index in [-0.39, 0.29) is 0 Å². The van der Waals surface area contributed by atoms with Gasteiger partial charge in [-0.3, -0.25) is 4.99 Å². The number of hydrogen-bond acceptors (Lipinski definition) is 1. The minimum atomic E-state index is 0.434. The van der Waals surface area contributed by atoms with Crippen LogP contribution in [0.5, 0.6) is 0 Å². The van der Waals surface area contributed by atoms with Crippen LogP contribution in [-0.2, 0) is 0 Å². The van der Waals surface area contributed by atoms with Gasteiger partial charge in [-0.05, 0) is 42.7 Å². The van der Waals surface area contributed by atoms with Gasteiger partial charge in [0.1, 0.15) is 0 Å². The lowest BCUT2D eigenvalue weighted by molar-refractivity contribution is 0.0452. The van der Waals surface area contributed by atoms with Crippen molar-refractivity contribution in [3.63, 3.8) is 0 Å². The Morgan fingerprint density at radius 2 is 1.79 bits per heavy atom. The third-order valence-corrected chi connectivity index (χ3v) is 4.02. The van der Waals surface area contributed by atoms with Crippen molar-refractivity contribution in [2.75, 3.05) is 0 Å². The molecule has 0 aromatic heterocycles. The van der Waals surface area contributed by atoms with Crippen molar-refractivity contribution in [2.24, 2.45) is 21.7 Å². The molecule has 0 aromatic carbocycles. The Kier molecular flexibility index (Phi) is 3.08. The number of nitrogens with zero attached hydrogens (tertiary/aromatic N) is 1. The second-order valence-corrected chi connectivity index (χ2v) is 6.39. The molecule has 0 aromatic rings. The Morgan fingerprint density at radius 3 is 2.21 bits per heavy atom. The first-order valence-corrected chi connectivity index (χ1v) is 5.75. The van der Waals surface area contributed by atoms with Gasteiger partial charge in [0.15, 0.2) is 0 Å². The molecule has 0 bridgehead atoms. The molecule has 0 spiro atoms. The van der Waals surface area contributed by atoms with Gasteiger partial charge in [-0.25, -0.2) is 0 Å². The number of aliphatic imine (C=N–C) groups is 1. The van der Waals surface area contributed by atoms with E-state index in [1.54, 1.807) is 0 Å². The Morgan fingerprint density at radius 1 is 1.21 bits per heavy atom. The quantitative estimate of drug-likeness (QED) is 0.592. The lowest BCUT2D eigenvalue weighted by Crippen LogP contribution is -2.40. The van der Waals surface area contributed by atoms with Crippen LogP contribution in [0.4, 0.5) is 0 Å². The van der Waals surface area contributed by atoms with E-state index in [0.717, 1.165) is 5.92 Å². The average molecular weight is 195 g/mol. The van der Waals surface area contributed by atoms with E-state index in [1.807, 2.05) is 0 Å². The Labute approximate surface area is 89.0 Å². The summed E-state index contributed by atoms with van der Waals surface area (Å²) in [6.45, 7) is 15.5. The molecule has 0 aliphatic heterocycles. The maximum Gasteiger partial charge on any atom is 0.0502 e. The molecule has 1 heteroatoms. The molecule has 0 heterocycles. The first-order valence-electron chi connectivity index (χ1n) is 5.75. The normalized spacial score (nSPS) is 37.1. The highest BCUT2D eigenvalue weighted by Crippen LogP contribution is 2.50. The van der Waals surface area contributed by atoms with Crippen LogP contribution in [0, 0.1) is 16.7 Å². The standard InChI is InChI=1S/C13H25N/c1-10(2)13(5)8-11(14-6)7-12(3,4)9-13/h10-11H,6-9H2,1-5H3. The van der Waals surface area contributed by atoms with Gasteiger partial charge in [-0.15, -0.1) is 0 Å². The second kappa shape index (κ2) is 3.67. The molecule has 1 aliphatic carbocycles. The molecule has 1 fully saturated rings. The zero-order valence-electron chi connectivity index (χ0n) is 10.4. The fourth-order valence-electron chi connectivity index (χ4n) is 3.05. The van der Waals surface area contributed by atoms with Crippen LogP contribution >= 0.6 is 0 Å². The topological polar surface area (TPSA) is 12.4 Å². The molecule has 0 saturated heterocycles. The van der Waals surface area contributed by atoms with E-state index in [1.165, 1.54) is 19.3 Å². The molecule has 2 unspecified atom stereocenters. The summed E-state index contributed by atoms with van der Waals surface area (Å²) in [7, 11) is 0. The summed E-state index contributed by atoms with van der Waals surface area (Å²) in [5, 5.41) is 0. The maximum absolute atomic E-state index is 4.27. The summed E-state index contributed by atoms with van der Waals surface area (Å²) >= 11 is 0. The first kappa shape index (κ1) is 11.7. The van der Waals surface area contributed by atoms with E-state index >= 15 is 0 Å². The third kappa shape index (κ3) is 2.37. The molecule has 2 atom stereocenters. The molecule has 1 rings (SSSR count). The minimum Gasteiger partial charge on any atom is -0.298 e. The molecule has 0 N–H and O–H groups in total. The molecule has 0 radical (unpaired) electrons. The lowest BCUT2D eigenvalue weighted by atomic mass is 9.59. The molecular formula is C13H25N. The highest BCUT2D eigenvalue weighted by atomic mass is 14.8. The van der Waals surface area contributed by atoms with Crippen molar-refractivity contribution in [3.05, 3.63) is 0 Å². The molecule has 1 saturated carbocycles. The van der Waals surface area contributed by atoms with Crippen molar-refractivity contribution in [1.82, 2.24) is 0 Å². The van der Waals surface area contributed by atoms with Crippen LogP contribution < -0.4 is 0 Å². The van der Waals surface area contributed by atoms with Gasteiger partial charge in [-0.1, -0.05) is 34.6 Å². The van der Waals surface area contributed by atoms with Crippen LogP contribution in [0.3, 0.4) is 0 Å². The molecule has 82 valence electrons. The van der Waals surface area contributed by atoms with Gasteiger partial charge >= 0.3 is 0 Å². The van der Waals surface area contributed by atoms with E-state index in [0.29, 0.717) is 16.9 Å². The molecule has 1 nitrogen and oxygen atoms in total. The summed E-state index contributed by atoms with van der Waals surface area (Å²) < 4.78 is 0. The Balaban J connectivity index is 2.85. The van der Waals surface area contributed by atoms with Gasteiger partial charge < -0.3 is 0 Å². The maximum atomic E-state index is 4.27. The van der Waals surface area contributed by atoms with Crippen LogP contribution in [0.15, 0.2) is 4.99 Å². The summed E-state index contributed by atoms with van der Waals surface area (Å²) in [5.74, 6) is 0.742. The van der Waals surface area contributed by atoms with Gasteiger partial charge in [0.2, 0.25) is 0 Å². The molecular weight excluding hydrogens is 170 g/mol. The van der Waals surface area contributed by atoms with E-state index in [9.17, 15) is 0 Å². The smallest absolute Gasteiger partial charge is 0.0502 e. The van der Waals surface area contributed by atoms with Crippen LogP contribution in [0.1, 0.15) is 53.9 Å². The highest BCUT2D eigenvalue weighted by molar-refractivity contribution is 5.24. The van der Waals surface area contributed by atoms with E-state index in [4.69, 9.17) is 0 Å². The van der Waals surface area contributed by atoms with Crippen molar-refractivity contribution < 1.29 is 0 Å². The van der Waals surface area contributed by atoms with Gasteiger partial charge in [0, 0.05) is 0 Å². The predicted molar refractivity (Wildman–Crippen MR) is 63.9 cm³/mol. The summed E-state index contributed by atoms with van der Waals surface area (Å²) in [6.07, 6.45) is 3.75. The highest BCUT2D eigenvalue weighted by Gasteiger charge is 2.42. The summed E-state index contributed by atoms with van der Waals surface area (Å²) in [6, 6.07) is 0.478. The van der Waals surface area contributed by atoms with Gasteiger partial charge in [-0.2, -0.15) is 0 Å². The SMILES string of the molecule is C=NC1CC(C)(C)CC(C)(C(C)C)C1. The lowest BCUT2D eigenvalue weighted by Gasteiger charge is -2.48.